The van der Waals surface area contributed by atoms with Gasteiger partial charge in [-0.05, 0) is 99.2 Å². The van der Waals surface area contributed by atoms with Gasteiger partial charge < -0.3 is 5.11 Å². The first-order valence-corrected chi connectivity index (χ1v) is 12.4. The standard InChI is InChI=1S/C25H39N3O2/c1-4-16-13-21(22(29)15-28-12-11-26-27-28)25(3)10-8-19-18-7-9-24(2,30)14-17(18)5-6-20(19)23(16)25/h11-12,16-21,23,30H,4-10,13-15H2,1-3H3/t16-,17-,18+,19-,20-,21-,23+,24-,25-/m1/s1. The molecule has 5 rings (SSSR count). The monoisotopic (exact) mass is 413 g/mol. The Morgan fingerprint density at radius 3 is 2.67 bits per heavy atom. The normalized spacial score (nSPS) is 47.9. The van der Waals surface area contributed by atoms with E-state index in [-0.39, 0.29) is 11.3 Å². The first-order chi connectivity index (χ1) is 14.3. The molecule has 30 heavy (non-hydrogen) atoms. The molecule has 4 aliphatic carbocycles. The van der Waals surface area contributed by atoms with Gasteiger partial charge in [-0.25, -0.2) is 4.68 Å². The highest BCUT2D eigenvalue weighted by Crippen LogP contribution is 2.66. The third kappa shape index (κ3) is 3.27. The van der Waals surface area contributed by atoms with Gasteiger partial charge in [0.05, 0.1) is 11.8 Å². The zero-order valence-electron chi connectivity index (χ0n) is 19.0. The maximum absolute atomic E-state index is 13.4. The van der Waals surface area contributed by atoms with Gasteiger partial charge in [0, 0.05) is 12.1 Å². The zero-order valence-corrected chi connectivity index (χ0v) is 19.0. The number of aliphatic hydroxyl groups is 1. The second-order valence-corrected chi connectivity index (χ2v) is 11.7. The fourth-order valence-electron chi connectivity index (χ4n) is 8.88. The summed E-state index contributed by atoms with van der Waals surface area (Å²) in [6, 6.07) is 0. The largest absolute Gasteiger partial charge is 0.390 e. The Labute approximate surface area is 181 Å². The maximum Gasteiger partial charge on any atom is 0.157 e. The molecule has 5 nitrogen and oxygen atoms in total. The molecule has 4 aliphatic rings. The minimum atomic E-state index is -0.449. The number of ketones is 1. The lowest BCUT2D eigenvalue weighted by molar-refractivity contribution is -0.134. The van der Waals surface area contributed by atoms with Gasteiger partial charge >= 0.3 is 0 Å². The van der Waals surface area contributed by atoms with Crippen molar-refractivity contribution in [3.05, 3.63) is 12.4 Å². The summed E-state index contributed by atoms with van der Waals surface area (Å²) >= 11 is 0. The number of fused-ring (bicyclic) bond motifs is 5. The first kappa shape index (κ1) is 20.7. The van der Waals surface area contributed by atoms with Gasteiger partial charge in [0.2, 0.25) is 0 Å². The van der Waals surface area contributed by atoms with Crippen LogP contribution in [0.5, 0.6) is 0 Å². The molecule has 0 amide bonds. The second-order valence-electron chi connectivity index (χ2n) is 11.7. The fraction of sp³-hybridized carbons (Fsp3) is 0.880. The average molecular weight is 414 g/mol. The van der Waals surface area contributed by atoms with Crippen LogP contribution in [0.15, 0.2) is 12.4 Å². The molecule has 0 spiro atoms. The van der Waals surface area contributed by atoms with Crippen molar-refractivity contribution in [3.63, 3.8) is 0 Å². The molecule has 166 valence electrons. The van der Waals surface area contributed by atoms with Gasteiger partial charge in [-0.2, -0.15) is 0 Å². The number of hydrogen-bond donors (Lipinski definition) is 1. The molecule has 4 fully saturated rings. The molecule has 0 aliphatic heterocycles. The summed E-state index contributed by atoms with van der Waals surface area (Å²) in [5.74, 6) is 5.01. The third-order valence-corrected chi connectivity index (χ3v) is 10.1. The molecule has 5 heteroatoms. The van der Waals surface area contributed by atoms with Crippen LogP contribution in [-0.4, -0.2) is 31.5 Å². The number of hydrogen-bond acceptors (Lipinski definition) is 4. The highest BCUT2D eigenvalue weighted by molar-refractivity contribution is 5.82. The number of rotatable bonds is 4. The van der Waals surface area contributed by atoms with Crippen molar-refractivity contribution in [1.82, 2.24) is 15.0 Å². The Hall–Kier alpha value is -1.23. The molecular formula is C25H39N3O2. The van der Waals surface area contributed by atoms with E-state index in [1.54, 1.807) is 17.1 Å². The Morgan fingerprint density at radius 1 is 1.13 bits per heavy atom. The molecule has 1 heterocycles. The van der Waals surface area contributed by atoms with Crippen molar-refractivity contribution in [3.8, 4) is 0 Å². The second kappa shape index (κ2) is 7.43. The molecule has 1 aromatic rings. The molecule has 4 saturated carbocycles. The van der Waals surface area contributed by atoms with Gasteiger partial charge in [-0.1, -0.05) is 25.5 Å². The highest BCUT2D eigenvalue weighted by atomic mass is 16.3. The Balaban J connectivity index is 1.38. The summed E-state index contributed by atoms with van der Waals surface area (Å²) in [5, 5.41) is 18.6. The molecule has 1 N–H and O–H groups in total. The van der Waals surface area contributed by atoms with Gasteiger partial charge in [-0.15, -0.1) is 5.10 Å². The predicted molar refractivity (Wildman–Crippen MR) is 115 cm³/mol. The summed E-state index contributed by atoms with van der Waals surface area (Å²) in [5.41, 5.74) is -0.304. The summed E-state index contributed by atoms with van der Waals surface area (Å²) in [6.07, 6.45) is 14.0. The minimum absolute atomic E-state index is 0.145. The molecule has 1 aromatic heterocycles. The van der Waals surface area contributed by atoms with Crippen LogP contribution in [0.25, 0.3) is 0 Å². The molecule has 0 aromatic carbocycles. The van der Waals surface area contributed by atoms with Crippen molar-refractivity contribution in [1.29, 1.82) is 0 Å². The van der Waals surface area contributed by atoms with Crippen molar-refractivity contribution in [2.24, 2.45) is 46.8 Å². The quantitative estimate of drug-likeness (QED) is 0.789. The number of nitrogens with zero attached hydrogens (tertiary/aromatic N) is 3. The topological polar surface area (TPSA) is 68.0 Å². The van der Waals surface area contributed by atoms with Crippen LogP contribution in [0.3, 0.4) is 0 Å². The molecule has 0 radical (unpaired) electrons. The van der Waals surface area contributed by atoms with E-state index >= 15 is 0 Å². The highest BCUT2D eigenvalue weighted by Gasteiger charge is 2.61. The lowest BCUT2D eigenvalue weighted by Gasteiger charge is -2.57. The van der Waals surface area contributed by atoms with E-state index in [1.165, 1.54) is 38.5 Å². The SMILES string of the molecule is CC[C@@H]1C[C@H](C(=O)Cn2ccnn2)[C@@]2(C)CC[C@H]3[C@@H](CC[C@@H]4C[C@](C)(O)CC[C@@H]43)[C@H]12. The van der Waals surface area contributed by atoms with E-state index in [9.17, 15) is 9.90 Å². The zero-order chi connectivity index (χ0) is 21.1. The van der Waals surface area contributed by atoms with Crippen LogP contribution < -0.4 is 0 Å². The van der Waals surface area contributed by atoms with E-state index in [2.05, 4.69) is 24.2 Å². The number of carbonyl (C=O) groups is 1. The number of carbonyl (C=O) groups excluding carboxylic acids is 1. The Morgan fingerprint density at radius 2 is 1.93 bits per heavy atom. The van der Waals surface area contributed by atoms with E-state index < -0.39 is 5.60 Å². The Kier molecular flexibility index (Phi) is 5.11. The number of Topliss-reactive ketones (excluding diaryl/α,β-unsaturated/α-hetero) is 1. The molecule has 0 unspecified atom stereocenters. The van der Waals surface area contributed by atoms with Crippen LogP contribution in [0.2, 0.25) is 0 Å². The fourth-order valence-corrected chi connectivity index (χ4v) is 8.88. The van der Waals surface area contributed by atoms with Crippen LogP contribution in [0.1, 0.15) is 78.6 Å². The lowest BCUT2D eigenvalue weighted by atomic mass is 9.48. The molecule has 0 bridgehead atoms. The first-order valence-electron chi connectivity index (χ1n) is 12.4. The molecular weight excluding hydrogens is 374 g/mol. The van der Waals surface area contributed by atoms with Gasteiger partial charge in [0.15, 0.2) is 5.78 Å². The maximum atomic E-state index is 13.4. The molecule has 9 atom stereocenters. The van der Waals surface area contributed by atoms with E-state index in [4.69, 9.17) is 0 Å². The number of aromatic nitrogens is 3. The van der Waals surface area contributed by atoms with Crippen LogP contribution in [0.4, 0.5) is 0 Å². The van der Waals surface area contributed by atoms with Crippen LogP contribution >= 0.6 is 0 Å². The van der Waals surface area contributed by atoms with E-state index in [0.717, 1.165) is 37.0 Å². The lowest BCUT2D eigenvalue weighted by Crippen LogP contribution is -2.52. The minimum Gasteiger partial charge on any atom is -0.390 e. The summed E-state index contributed by atoms with van der Waals surface area (Å²) in [4.78, 5) is 13.4. The van der Waals surface area contributed by atoms with Gasteiger partial charge in [0.1, 0.15) is 6.54 Å². The van der Waals surface area contributed by atoms with Gasteiger partial charge in [-0.3, -0.25) is 4.79 Å². The van der Waals surface area contributed by atoms with E-state index in [1.807, 2.05) is 6.92 Å². The smallest absolute Gasteiger partial charge is 0.157 e. The van der Waals surface area contributed by atoms with Crippen molar-refractivity contribution in [2.75, 3.05) is 0 Å². The predicted octanol–water partition coefficient (Wildman–Crippen LogP) is 4.50. The Bertz CT molecular complexity index is 775. The van der Waals surface area contributed by atoms with E-state index in [0.29, 0.717) is 30.1 Å². The van der Waals surface area contributed by atoms with Crippen LogP contribution in [0, 0.1) is 46.8 Å². The third-order valence-electron chi connectivity index (χ3n) is 10.1. The van der Waals surface area contributed by atoms with Crippen molar-refractivity contribution in [2.45, 2.75) is 90.7 Å². The summed E-state index contributed by atoms with van der Waals surface area (Å²) in [6.45, 7) is 7.20. The van der Waals surface area contributed by atoms with Crippen LogP contribution in [-0.2, 0) is 11.3 Å². The molecule has 0 saturated heterocycles. The summed E-state index contributed by atoms with van der Waals surface area (Å²) in [7, 11) is 0. The van der Waals surface area contributed by atoms with Gasteiger partial charge in [0.25, 0.3) is 0 Å². The summed E-state index contributed by atoms with van der Waals surface area (Å²) < 4.78 is 1.70. The average Bonchev–Trinajstić information content (AvgIpc) is 3.31. The van der Waals surface area contributed by atoms with Crippen molar-refractivity contribution < 1.29 is 9.90 Å². The van der Waals surface area contributed by atoms with Crippen molar-refractivity contribution >= 4 is 5.78 Å².